The van der Waals surface area contributed by atoms with E-state index in [1.54, 1.807) is 6.20 Å². The van der Waals surface area contributed by atoms with E-state index in [0.717, 1.165) is 11.3 Å². The van der Waals surface area contributed by atoms with Crippen LogP contribution in [0.4, 0.5) is 5.69 Å². The highest BCUT2D eigenvalue weighted by molar-refractivity contribution is 6.04. The first-order valence-corrected chi connectivity index (χ1v) is 4.64. The third kappa shape index (κ3) is 1.15. The number of nitrogens with zero attached hydrogens (tertiary/aromatic N) is 1. The van der Waals surface area contributed by atoms with Gasteiger partial charge in [-0.1, -0.05) is 18.2 Å². The Morgan fingerprint density at radius 2 is 2.20 bits per heavy atom. The van der Waals surface area contributed by atoms with Crippen LogP contribution < -0.4 is 5.32 Å². The van der Waals surface area contributed by atoms with Crippen molar-refractivity contribution in [2.75, 3.05) is 5.32 Å². The molecule has 1 amide bonds. The van der Waals surface area contributed by atoms with Crippen molar-refractivity contribution >= 4 is 11.6 Å². The maximum atomic E-state index is 11.7. The number of hydrogen-bond acceptors (Lipinski definition) is 3. The topological polar surface area (TPSA) is 55.1 Å². The number of carbonyl (C=O) groups excluding carboxylic acids is 1. The Labute approximate surface area is 85.9 Å². The van der Waals surface area contributed by atoms with Crippen LogP contribution in [0.5, 0.6) is 0 Å². The van der Waals surface area contributed by atoms with E-state index in [1.807, 2.05) is 24.3 Å². The predicted octanol–water partition coefficient (Wildman–Crippen LogP) is 1.76. The van der Waals surface area contributed by atoms with Gasteiger partial charge in [0.15, 0.2) is 6.39 Å². The van der Waals surface area contributed by atoms with Crippen LogP contribution in [0.3, 0.4) is 0 Å². The fourth-order valence-corrected chi connectivity index (χ4v) is 1.86. The van der Waals surface area contributed by atoms with E-state index >= 15 is 0 Å². The average Bonchev–Trinajstić information content (AvgIpc) is 2.82. The Kier molecular flexibility index (Phi) is 1.62. The number of aromatic nitrogens is 1. The van der Waals surface area contributed by atoms with Crippen LogP contribution in [0, 0.1) is 0 Å². The second-order valence-electron chi connectivity index (χ2n) is 3.41. The quantitative estimate of drug-likeness (QED) is 0.763. The van der Waals surface area contributed by atoms with Crippen LogP contribution in [0.2, 0.25) is 0 Å². The third-order valence-electron chi connectivity index (χ3n) is 2.53. The smallest absolute Gasteiger partial charge is 0.239 e. The zero-order valence-corrected chi connectivity index (χ0v) is 7.81. The van der Waals surface area contributed by atoms with Crippen LogP contribution in [-0.2, 0) is 4.79 Å². The van der Waals surface area contributed by atoms with E-state index in [9.17, 15) is 4.79 Å². The number of oxazole rings is 1. The van der Waals surface area contributed by atoms with E-state index in [1.165, 1.54) is 6.39 Å². The van der Waals surface area contributed by atoms with E-state index in [4.69, 9.17) is 4.42 Å². The molecule has 0 aliphatic carbocycles. The lowest BCUT2D eigenvalue weighted by Crippen LogP contribution is -2.12. The molecular formula is C11H8N2O2. The molecule has 3 rings (SSSR count). The highest BCUT2D eigenvalue weighted by atomic mass is 16.3. The van der Waals surface area contributed by atoms with Crippen molar-refractivity contribution in [1.29, 1.82) is 0 Å². The van der Waals surface area contributed by atoms with Crippen molar-refractivity contribution in [1.82, 2.24) is 4.98 Å². The molecule has 0 fully saturated rings. The summed E-state index contributed by atoms with van der Waals surface area (Å²) in [5.74, 6) is 0.161. The summed E-state index contributed by atoms with van der Waals surface area (Å²) < 4.78 is 5.17. The molecule has 1 aromatic heterocycles. The molecule has 0 bridgehead atoms. The largest absolute Gasteiger partial charge is 0.447 e. The molecular weight excluding hydrogens is 192 g/mol. The lowest BCUT2D eigenvalue weighted by Gasteiger charge is -2.03. The van der Waals surface area contributed by atoms with Crippen molar-refractivity contribution in [3.8, 4) is 0 Å². The molecule has 1 N–H and O–H groups in total. The molecule has 15 heavy (non-hydrogen) atoms. The van der Waals surface area contributed by atoms with Gasteiger partial charge in [-0.3, -0.25) is 4.79 Å². The summed E-state index contributed by atoms with van der Waals surface area (Å²) in [4.78, 5) is 15.6. The molecule has 74 valence electrons. The number of rotatable bonds is 1. The van der Waals surface area contributed by atoms with Gasteiger partial charge in [0.05, 0.1) is 6.20 Å². The molecule has 4 heteroatoms. The van der Waals surface area contributed by atoms with Crippen LogP contribution in [0.1, 0.15) is 17.2 Å². The van der Waals surface area contributed by atoms with E-state index < -0.39 is 0 Å². The van der Waals surface area contributed by atoms with Crippen molar-refractivity contribution in [2.24, 2.45) is 0 Å². The number of amides is 1. The Morgan fingerprint density at radius 3 is 3.00 bits per heavy atom. The molecule has 1 unspecified atom stereocenters. The molecule has 1 aromatic carbocycles. The van der Waals surface area contributed by atoms with Gasteiger partial charge in [-0.2, -0.15) is 0 Å². The van der Waals surface area contributed by atoms with Gasteiger partial charge < -0.3 is 9.73 Å². The minimum absolute atomic E-state index is 0.0621. The molecule has 2 aromatic rings. The Morgan fingerprint density at radius 1 is 1.33 bits per heavy atom. The molecule has 0 spiro atoms. The molecule has 2 heterocycles. The lowest BCUT2D eigenvalue weighted by atomic mass is 9.99. The second-order valence-corrected chi connectivity index (χ2v) is 3.41. The maximum absolute atomic E-state index is 11.7. The first-order chi connectivity index (χ1) is 7.36. The molecule has 0 saturated heterocycles. The zero-order chi connectivity index (χ0) is 10.3. The summed E-state index contributed by atoms with van der Waals surface area (Å²) >= 11 is 0. The van der Waals surface area contributed by atoms with Crippen LogP contribution in [-0.4, -0.2) is 10.9 Å². The monoisotopic (exact) mass is 200 g/mol. The molecule has 4 nitrogen and oxygen atoms in total. The third-order valence-corrected chi connectivity index (χ3v) is 2.53. The van der Waals surface area contributed by atoms with Crippen LogP contribution >= 0.6 is 0 Å². The van der Waals surface area contributed by atoms with Gasteiger partial charge >= 0.3 is 0 Å². The first kappa shape index (κ1) is 8.23. The molecule has 0 saturated carbocycles. The number of hydrogen-bond donors (Lipinski definition) is 1. The van der Waals surface area contributed by atoms with Crippen molar-refractivity contribution in [3.05, 3.63) is 48.2 Å². The SMILES string of the molecule is O=C1Nc2ccccc2C1c1cnco1. The van der Waals surface area contributed by atoms with Crippen molar-refractivity contribution < 1.29 is 9.21 Å². The van der Waals surface area contributed by atoms with Gasteiger partial charge in [0, 0.05) is 5.69 Å². The Bertz CT molecular complexity index is 505. The molecule has 1 atom stereocenters. The van der Waals surface area contributed by atoms with Crippen LogP contribution in [0.15, 0.2) is 41.3 Å². The summed E-state index contributed by atoms with van der Waals surface area (Å²) in [6.45, 7) is 0. The predicted molar refractivity (Wildman–Crippen MR) is 53.4 cm³/mol. The standard InChI is InChI=1S/C11H8N2O2/c14-11-10(9-5-12-6-15-9)7-3-1-2-4-8(7)13-11/h1-6,10H,(H,13,14). The Balaban J connectivity index is 2.14. The highest BCUT2D eigenvalue weighted by Crippen LogP contribution is 2.36. The average molecular weight is 200 g/mol. The summed E-state index contributed by atoms with van der Waals surface area (Å²) in [6, 6.07) is 7.59. The number of carbonyl (C=O) groups is 1. The van der Waals surface area contributed by atoms with Gasteiger partial charge in [0.25, 0.3) is 0 Å². The maximum Gasteiger partial charge on any atom is 0.239 e. The van der Waals surface area contributed by atoms with E-state index in [2.05, 4.69) is 10.3 Å². The summed E-state index contributed by atoms with van der Waals surface area (Å²) in [5, 5.41) is 2.81. The van der Waals surface area contributed by atoms with Gasteiger partial charge in [0.1, 0.15) is 11.7 Å². The second kappa shape index (κ2) is 2.95. The number of fused-ring (bicyclic) bond motifs is 1. The van der Waals surface area contributed by atoms with Gasteiger partial charge in [-0.05, 0) is 11.6 Å². The lowest BCUT2D eigenvalue weighted by molar-refractivity contribution is -0.116. The number of para-hydroxylation sites is 1. The fraction of sp³-hybridized carbons (Fsp3) is 0.0909. The molecule has 1 aliphatic heterocycles. The first-order valence-electron chi connectivity index (χ1n) is 4.64. The summed E-state index contributed by atoms with van der Waals surface area (Å²) in [7, 11) is 0. The minimum atomic E-state index is -0.358. The van der Waals surface area contributed by atoms with Crippen LogP contribution in [0.25, 0.3) is 0 Å². The fourth-order valence-electron chi connectivity index (χ4n) is 1.86. The van der Waals surface area contributed by atoms with E-state index in [0.29, 0.717) is 5.76 Å². The molecule has 1 aliphatic rings. The highest BCUT2D eigenvalue weighted by Gasteiger charge is 2.33. The van der Waals surface area contributed by atoms with Gasteiger partial charge in [0.2, 0.25) is 5.91 Å². The van der Waals surface area contributed by atoms with Crippen molar-refractivity contribution in [2.45, 2.75) is 5.92 Å². The molecule has 0 radical (unpaired) electrons. The Hall–Kier alpha value is -2.10. The number of anilines is 1. The van der Waals surface area contributed by atoms with E-state index in [-0.39, 0.29) is 11.8 Å². The number of benzene rings is 1. The zero-order valence-electron chi connectivity index (χ0n) is 7.81. The summed E-state index contributed by atoms with van der Waals surface area (Å²) in [6.07, 6.45) is 2.91. The number of nitrogens with one attached hydrogen (secondary N) is 1. The van der Waals surface area contributed by atoms with Gasteiger partial charge in [-0.15, -0.1) is 0 Å². The summed E-state index contributed by atoms with van der Waals surface area (Å²) in [5.41, 5.74) is 1.79. The minimum Gasteiger partial charge on any atom is -0.447 e. The normalized spacial score (nSPS) is 18.7. The van der Waals surface area contributed by atoms with Gasteiger partial charge in [-0.25, -0.2) is 4.98 Å². The van der Waals surface area contributed by atoms with Crippen molar-refractivity contribution in [3.63, 3.8) is 0 Å².